The Bertz CT molecular complexity index is 1570. The molecule has 3 aromatic carbocycles. The lowest BCUT2D eigenvalue weighted by atomic mass is 9.74. The predicted octanol–water partition coefficient (Wildman–Crippen LogP) is 6.20. The highest BCUT2D eigenvalue weighted by molar-refractivity contribution is 5.97. The van der Waals surface area contributed by atoms with E-state index in [1.165, 1.54) is 0 Å². The average molecular weight is 536 g/mol. The third-order valence-electron chi connectivity index (χ3n) is 8.15. The van der Waals surface area contributed by atoms with Crippen LogP contribution in [-0.4, -0.2) is 34.2 Å². The number of anilines is 1. The van der Waals surface area contributed by atoms with Gasteiger partial charge in [0.05, 0.1) is 11.1 Å². The highest BCUT2D eigenvalue weighted by Crippen LogP contribution is 2.60. The van der Waals surface area contributed by atoms with Crippen molar-refractivity contribution in [1.29, 1.82) is 0 Å². The van der Waals surface area contributed by atoms with Crippen molar-refractivity contribution in [1.82, 2.24) is 0 Å². The number of nitrogens with zero attached hydrogens (tertiary/aromatic N) is 1. The molecule has 3 aliphatic rings. The number of rotatable bonds is 4. The third-order valence-corrected chi connectivity index (χ3v) is 8.15. The normalized spacial score (nSPS) is 21.9. The summed E-state index contributed by atoms with van der Waals surface area (Å²) in [6, 6.07) is 11.3. The van der Waals surface area contributed by atoms with Gasteiger partial charge >= 0.3 is 11.9 Å². The molecule has 0 saturated heterocycles. The van der Waals surface area contributed by atoms with Crippen molar-refractivity contribution >= 4 is 17.6 Å². The first-order valence-corrected chi connectivity index (χ1v) is 12.9. The van der Waals surface area contributed by atoms with Gasteiger partial charge in [-0.05, 0) is 56.4 Å². The highest BCUT2D eigenvalue weighted by atomic mass is 19.1. The van der Waals surface area contributed by atoms with E-state index in [1.54, 1.807) is 30.3 Å². The molecule has 6 rings (SSSR count). The molecule has 3 aliphatic heterocycles. The standard InChI is InChI=1S/C30H27F2NO6/c1-15-14-29(2,3)33(10-6-9-24(34)35)22-13-23-19(11-17(15)22)30(18-8-5-4-7-16(18)28(37)39-30)20-12-21(31)26(36)25(32)27(20)38-23/h4-5,7-8,11-13,15,36H,6,9-10,14H2,1-3H3,(H,34,35). The summed E-state index contributed by atoms with van der Waals surface area (Å²) in [7, 11) is 0. The van der Waals surface area contributed by atoms with Crippen molar-refractivity contribution in [3.8, 4) is 17.2 Å². The zero-order valence-electron chi connectivity index (χ0n) is 21.7. The summed E-state index contributed by atoms with van der Waals surface area (Å²) in [5.41, 5.74) is 0.780. The van der Waals surface area contributed by atoms with Crippen LogP contribution in [0.3, 0.4) is 0 Å². The molecule has 0 fully saturated rings. The molecule has 3 aromatic rings. The van der Waals surface area contributed by atoms with Crippen LogP contribution in [0, 0.1) is 11.6 Å². The highest BCUT2D eigenvalue weighted by Gasteiger charge is 2.55. The molecule has 9 heteroatoms. The fraction of sp³-hybridized carbons (Fsp3) is 0.333. The van der Waals surface area contributed by atoms with E-state index in [1.807, 2.05) is 6.07 Å². The van der Waals surface area contributed by atoms with Gasteiger partial charge in [-0.25, -0.2) is 9.18 Å². The van der Waals surface area contributed by atoms with E-state index < -0.39 is 40.7 Å². The molecule has 0 amide bonds. The van der Waals surface area contributed by atoms with E-state index in [0.29, 0.717) is 24.1 Å². The van der Waals surface area contributed by atoms with Gasteiger partial charge in [-0.15, -0.1) is 0 Å². The number of carbonyl (C=O) groups excluding carboxylic acids is 1. The molecule has 0 aromatic heterocycles. The Morgan fingerprint density at radius 1 is 1.13 bits per heavy atom. The molecule has 202 valence electrons. The van der Waals surface area contributed by atoms with Crippen LogP contribution in [-0.2, 0) is 15.1 Å². The zero-order valence-corrected chi connectivity index (χ0v) is 21.7. The van der Waals surface area contributed by atoms with Crippen LogP contribution in [0.1, 0.15) is 78.6 Å². The first-order chi connectivity index (χ1) is 18.5. The fourth-order valence-corrected chi connectivity index (χ4v) is 6.51. The van der Waals surface area contributed by atoms with Gasteiger partial charge in [0.15, 0.2) is 22.9 Å². The van der Waals surface area contributed by atoms with E-state index in [4.69, 9.17) is 9.47 Å². The maximum absolute atomic E-state index is 15.4. The Kier molecular flexibility index (Phi) is 5.44. The van der Waals surface area contributed by atoms with Crippen LogP contribution >= 0.6 is 0 Å². The second-order valence-electron chi connectivity index (χ2n) is 11.1. The zero-order chi connectivity index (χ0) is 27.9. The van der Waals surface area contributed by atoms with Gasteiger partial charge in [-0.1, -0.05) is 25.1 Å². The Morgan fingerprint density at radius 3 is 2.62 bits per heavy atom. The van der Waals surface area contributed by atoms with Crippen LogP contribution < -0.4 is 9.64 Å². The Balaban J connectivity index is 1.62. The summed E-state index contributed by atoms with van der Waals surface area (Å²) in [6.45, 7) is 6.72. The van der Waals surface area contributed by atoms with Gasteiger partial charge in [0.2, 0.25) is 5.82 Å². The van der Waals surface area contributed by atoms with Crippen LogP contribution in [0.15, 0.2) is 42.5 Å². The molecule has 2 atom stereocenters. The quantitative estimate of drug-likeness (QED) is 0.384. The van der Waals surface area contributed by atoms with Gasteiger partial charge in [-0.3, -0.25) is 4.79 Å². The summed E-state index contributed by atoms with van der Waals surface area (Å²) >= 11 is 0. The van der Waals surface area contributed by atoms with Crippen molar-refractivity contribution in [3.63, 3.8) is 0 Å². The lowest BCUT2D eigenvalue weighted by Crippen LogP contribution is -2.49. The number of phenols is 1. The summed E-state index contributed by atoms with van der Waals surface area (Å²) < 4.78 is 42.2. The van der Waals surface area contributed by atoms with Crippen LogP contribution in [0.5, 0.6) is 17.2 Å². The molecular weight excluding hydrogens is 508 g/mol. The maximum atomic E-state index is 15.4. The van der Waals surface area contributed by atoms with Gasteiger partial charge < -0.3 is 24.6 Å². The minimum atomic E-state index is -1.69. The van der Waals surface area contributed by atoms with Gasteiger partial charge in [0, 0.05) is 41.4 Å². The summed E-state index contributed by atoms with van der Waals surface area (Å²) in [5.74, 6) is -5.36. The number of benzene rings is 3. The number of ether oxygens (including phenoxy) is 2. The fourth-order valence-electron chi connectivity index (χ4n) is 6.51. The summed E-state index contributed by atoms with van der Waals surface area (Å²) in [5, 5.41) is 19.3. The van der Waals surface area contributed by atoms with Gasteiger partial charge in [0.25, 0.3) is 0 Å². The number of carboxylic acids is 1. The topological polar surface area (TPSA) is 96.3 Å². The number of fused-ring (bicyclic) bond motifs is 7. The lowest BCUT2D eigenvalue weighted by Gasteiger charge is -2.48. The summed E-state index contributed by atoms with van der Waals surface area (Å²) in [6.07, 6.45) is 1.20. The molecule has 2 N–H and O–H groups in total. The SMILES string of the molecule is CC1CC(C)(C)N(CCCC(=O)O)c2cc3c(cc21)C1(OC(=O)c2ccccc21)c1cc(F)c(O)c(F)c1O3. The Morgan fingerprint density at radius 2 is 1.87 bits per heavy atom. The Hall–Kier alpha value is -4.14. The molecule has 1 spiro atoms. The average Bonchev–Trinajstić information content (AvgIpc) is 3.17. The summed E-state index contributed by atoms with van der Waals surface area (Å²) in [4.78, 5) is 26.4. The molecule has 0 bridgehead atoms. The van der Waals surface area contributed by atoms with Crippen molar-refractivity contribution < 1.29 is 38.1 Å². The predicted molar refractivity (Wildman–Crippen MR) is 138 cm³/mol. The number of aliphatic carboxylic acids is 1. The minimum Gasteiger partial charge on any atom is -0.503 e. The van der Waals surface area contributed by atoms with Crippen LogP contribution in [0.4, 0.5) is 14.5 Å². The largest absolute Gasteiger partial charge is 0.503 e. The number of carboxylic acid groups (broad SMARTS) is 1. The molecule has 39 heavy (non-hydrogen) atoms. The molecule has 3 heterocycles. The Labute approximate surface area is 223 Å². The van der Waals surface area contributed by atoms with Crippen LogP contribution in [0.25, 0.3) is 0 Å². The third kappa shape index (κ3) is 3.52. The number of hydrogen-bond donors (Lipinski definition) is 2. The van der Waals surface area contributed by atoms with Crippen molar-refractivity contribution in [2.45, 2.75) is 57.1 Å². The molecule has 0 aliphatic carbocycles. The molecule has 7 nitrogen and oxygen atoms in total. The van der Waals surface area contributed by atoms with Crippen LogP contribution in [0.2, 0.25) is 0 Å². The van der Waals surface area contributed by atoms with E-state index >= 15 is 4.39 Å². The lowest BCUT2D eigenvalue weighted by molar-refractivity contribution is -0.137. The first kappa shape index (κ1) is 25.2. The molecule has 0 radical (unpaired) electrons. The van der Waals surface area contributed by atoms with Gasteiger partial charge in [0.1, 0.15) is 5.75 Å². The second-order valence-corrected chi connectivity index (χ2v) is 11.1. The van der Waals surface area contributed by atoms with Crippen molar-refractivity contribution in [2.24, 2.45) is 0 Å². The van der Waals surface area contributed by atoms with E-state index in [0.717, 1.165) is 23.7 Å². The monoisotopic (exact) mass is 535 g/mol. The number of carbonyl (C=O) groups is 2. The second kappa shape index (κ2) is 8.43. The van der Waals surface area contributed by atoms with Crippen molar-refractivity contribution in [3.05, 3.63) is 81.9 Å². The number of hydrogen-bond acceptors (Lipinski definition) is 6. The molecule has 2 unspecified atom stereocenters. The maximum Gasteiger partial charge on any atom is 0.340 e. The number of aromatic hydroxyl groups is 1. The van der Waals surface area contributed by atoms with E-state index in [2.05, 4.69) is 25.7 Å². The first-order valence-electron chi connectivity index (χ1n) is 12.9. The molecule has 0 saturated carbocycles. The molecular formula is C30H27F2NO6. The van der Waals surface area contributed by atoms with Crippen molar-refractivity contribution in [2.75, 3.05) is 11.4 Å². The van der Waals surface area contributed by atoms with E-state index in [9.17, 15) is 24.2 Å². The smallest absolute Gasteiger partial charge is 0.340 e. The number of halogens is 2. The van der Waals surface area contributed by atoms with Gasteiger partial charge in [-0.2, -0.15) is 4.39 Å². The minimum absolute atomic E-state index is 0.0121. The van der Waals surface area contributed by atoms with E-state index in [-0.39, 0.29) is 34.8 Å². The number of esters is 1. The number of phenolic OH excluding ortho intramolecular Hbond substituents is 1.